The number of carbonyl (C=O) groups is 2. The molecule has 0 bridgehead atoms. The Balaban J connectivity index is 1.69. The van der Waals surface area contributed by atoms with Gasteiger partial charge in [-0.15, -0.1) is 0 Å². The van der Waals surface area contributed by atoms with Crippen LogP contribution in [-0.4, -0.2) is 50.6 Å². The van der Waals surface area contributed by atoms with Crippen LogP contribution in [0.1, 0.15) is 38.5 Å². The number of carbonyl (C=O) groups excluding carboxylic acids is 2. The number of hydrogen-bond donors (Lipinski definition) is 1. The van der Waals surface area contributed by atoms with Crippen molar-refractivity contribution in [1.29, 1.82) is 0 Å². The van der Waals surface area contributed by atoms with Gasteiger partial charge in [0.25, 0.3) is 0 Å². The molecule has 27 heavy (non-hydrogen) atoms. The molecule has 7 heteroatoms. The highest BCUT2D eigenvalue weighted by Gasteiger charge is 2.38. The van der Waals surface area contributed by atoms with Gasteiger partial charge in [-0.3, -0.25) is 9.59 Å². The first kappa shape index (κ1) is 19.3. The standard InChI is InChI=1S/C20H28N2O5/c1-25-16-10-14(11-17(26-2)19(16)27-3)21-20(24)13-9-18(23)22(12-13)15-7-5-4-6-8-15/h10-11,13,15H,4-9,12H2,1-3H3,(H,21,24)/t13-/m1/s1. The van der Waals surface area contributed by atoms with Gasteiger partial charge in [0, 0.05) is 36.8 Å². The molecule has 2 amide bonds. The maximum atomic E-state index is 12.7. The van der Waals surface area contributed by atoms with Crippen molar-refractivity contribution in [3.05, 3.63) is 12.1 Å². The first-order chi connectivity index (χ1) is 13.1. The molecule has 1 aliphatic carbocycles. The third-order valence-corrected chi connectivity index (χ3v) is 5.48. The van der Waals surface area contributed by atoms with Gasteiger partial charge in [0.05, 0.1) is 27.2 Å². The Hall–Kier alpha value is -2.44. The zero-order valence-electron chi connectivity index (χ0n) is 16.2. The quantitative estimate of drug-likeness (QED) is 0.826. The van der Waals surface area contributed by atoms with Crippen LogP contribution in [0.5, 0.6) is 17.2 Å². The van der Waals surface area contributed by atoms with Crippen LogP contribution in [0, 0.1) is 5.92 Å². The van der Waals surface area contributed by atoms with E-state index >= 15 is 0 Å². The Labute approximate surface area is 160 Å². The zero-order chi connectivity index (χ0) is 19.4. The summed E-state index contributed by atoms with van der Waals surface area (Å²) in [6, 6.07) is 3.68. The molecule has 1 heterocycles. The second-order valence-electron chi connectivity index (χ2n) is 7.14. The van der Waals surface area contributed by atoms with Crippen LogP contribution in [-0.2, 0) is 9.59 Å². The molecule has 1 aromatic rings. The van der Waals surface area contributed by atoms with Crippen molar-refractivity contribution in [2.45, 2.75) is 44.6 Å². The maximum Gasteiger partial charge on any atom is 0.229 e. The maximum absolute atomic E-state index is 12.7. The van der Waals surface area contributed by atoms with Gasteiger partial charge < -0.3 is 24.4 Å². The average molecular weight is 376 g/mol. The molecule has 0 spiro atoms. The van der Waals surface area contributed by atoms with E-state index in [9.17, 15) is 9.59 Å². The summed E-state index contributed by atoms with van der Waals surface area (Å²) in [5, 5.41) is 2.90. The number of ether oxygens (including phenoxy) is 3. The lowest BCUT2D eigenvalue weighted by molar-refractivity contribution is -0.130. The molecule has 1 saturated heterocycles. The predicted molar refractivity (Wildman–Crippen MR) is 101 cm³/mol. The third kappa shape index (κ3) is 4.12. The third-order valence-electron chi connectivity index (χ3n) is 5.48. The Kier molecular flexibility index (Phi) is 6.08. The van der Waals surface area contributed by atoms with Crippen molar-refractivity contribution < 1.29 is 23.8 Å². The number of benzene rings is 1. The highest BCUT2D eigenvalue weighted by Crippen LogP contribution is 2.40. The number of nitrogens with zero attached hydrogens (tertiary/aromatic N) is 1. The lowest BCUT2D eigenvalue weighted by Gasteiger charge is -2.31. The first-order valence-corrected chi connectivity index (χ1v) is 9.47. The Morgan fingerprint density at radius 1 is 1.04 bits per heavy atom. The minimum absolute atomic E-state index is 0.0898. The van der Waals surface area contributed by atoms with Gasteiger partial charge in [0.2, 0.25) is 17.6 Å². The van der Waals surface area contributed by atoms with E-state index in [-0.39, 0.29) is 24.2 Å². The summed E-state index contributed by atoms with van der Waals surface area (Å²) >= 11 is 0. The van der Waals surface area contributed by atoms with Crippen molar-refractivity contribution in [2.24, 2.45) is 5.92 Å². The molecule has 3 rings (SSSR count). The largest absolute Gasteiger partial charge is 0.493 e. The van der Waals surface area contributed by atoms with Gasteiger partial charge in [-0.2, -0.15) is 0 Å². The Morgan fingerprint density at radius 3 is 2.22 bits per heavy atom. The van der Waals surface area contributed by atoms with Crippen molar-refractivity contribution in [2.75, 3.05) is 33.2 Å². The van der Waals surface area contributed by atoms with E-state index in [1.807, 2.05) is 4.90 Å². The Bertz CT molecular complexity index is 675. The topological polar surface area (TPSA) is 77.1 Å². The van der Waals surface area contributed by atoms with E-state index < -0.39 is 0 Å². The second kappa shape index (κ2) is 8.50. The van der Waals surface area contributed by atoms with Gasteiger partial charge >= 0.3 is 0 Å². The molecular formula is C20H28N2O5. The van der Waals surface area contributed by atoms with Crippen molar-refractivity contribution in [1.82, 2.24) is 4.90 Å². The van der Waals surface area contributed by atoms with Gasteiger partial charge in [-0.1, -0.05) is 19.3 Å². The number of likely N-dealkylation sites (tertiary alicyclic amines) is 1. The van der Waals surface area contributed by atoms with Crippen LogP contribution < -0.4 is 19.5 Å². The summed E-state index contributed by atoms with van der Waals surface area (Å²) < 4.78 is 15.9. The molecule has 0 radical (unpaired) electrons. The molecule has 1 aromatic carbocycles. The molecule has 1 N–H and O–H groups in total. The molecule has 2 fully saturated rings. The summed E-state index contributed by atoms with van der Waals surface area (Å²) in [7, 11) is 4.59. The van der Waals surface area contributed by atoms with Crippen molar-refractivity contribution in [3.63, 3.8) is 0 Å². The second-order valence-corrected chi connectivity index (χ2v) is 7.14. The molecule has 0 aromatic heterocycles. The number of amides is 2. The fourth-order valence-corrected chi connectivity index (χ4v) is 4.05. The normalized spacial score (nSPS) is 20.5. The molecule has 148 valence electrons. The zero-order valence-corrected chi connectivity index (χ0v) is 16.2. The van der Waals surface area contributed by atoms with Crippen LogP contribution in [0.25, 0.3) is 0 Å². The van der Waals surface area contributed by atoms with Gasteiger partial charge in [-0.05, 0) is 12.8 Å². The first-order valence-electron chi connectivity index (χ1n) is 9.47. The van der Waals surface area contributed by atoms with Crippen molar-refractivity contribution >= 4 is 17.5 Å². The van der Waals surface area contributed by atoms with E-state index in [1.54, 1.807) is 12.1 Å². The minimum atomic E-state index is -0.335. The van der Waals surface area contributed by atoms with Gasteiger partial charge in [0.15, 0.2) is 11.5 Å². The van der Waals surface area contributed by atoms with E-state index in [1.165, 1.54) is 27.8 Å². The molecule has 1 aliphatic heterocycles. The average Bonchev–Trinajstić information content (AvgIpc) is 3.09. The number of nitrogens with one attached hydrogen (secondary N) is 1. The summed E-state index contributed by atoms with van der Waals surface area (Å²) in [4.78, 5) is 27.1. The van der Waals surface area contributed by atoms with E-state index in [0.29, 0.717) is 35.5 Å². The molecule has 0 unspecified atom stereocenters. The van der Waals surface area contributed by atoms with Gasteiger partial charge in [0.1, 0.15) is 0 Å². The highest BCUT2D eigenvalue weighted by atomic mass is 16.5. The molecule has 1 atom stereocenters. The van der Waals surface area contributed by atoms with E-state index in [4.69, 9.17) is 14.2 Å². The predicted octanol–water partition coefficient (Wildman–Crippen LogP) is 2.83. The van der Waals surface area contributed by atoms with E-state index in [0.717, 1.165) is 25.7 Å². The molecule has 1 saturated carbocycles. The lowest BCUT2D eigenvalue weighted by Crippen LogP contribution is -2.38. The Morgan fingerprint density at radius 2 is 1.67 bits per heavy atom. The fourth-order valence-electron chi connectivity index (χ4n) is 4.05. The number of rotatable bonds is 6. The highest BCUT2D eigenvalue weighted by molar-refractivity contribution is 5.97. The lowest BCUT2D eigenvalue weighted by atomic mass is 9.94. The summed E-state index contributed by atoms with van der Waals surface area (Å²) in [6.07, 6.45) is 5.93. The van der Waals surface area contributed by atoms with Crippen molar-refractivity contribution in [3.8, 4) is 17.2 Å². The molecule has 2 aliphatic rings. The van der Waals surface area contributed by atoms with E-state index in [2.05, 4.69) is 5.32 Å². The summed E-state index contributed by atoms with van der Waals surface area (Å²) in [6.45, 7) is 0.500. The van der Waals surface area contributed by atoms with Crippen LogP contribution in [0.4, 0.5) is 5.69 Å². The van der Waals surface area contributed by atoms with Gasteiger partial charge in [-0.25, -0.2) is 0 Å². The smallest absolute Gasteiger partial charge is 0.229 e. The monoisotopic (exact) mass is 376 g/mol. The number of hydrogen-bond acceptors (Lipinski definition) is 5. The number of anilines is 1. The summed E-state index contributed by atoms with van der Waals surface area (Å²) in [5.74, 6) is 1.01. The summed E-state index contributed by atoms with van der Waals surface area (Å²) in [5.41, 5.74) is 0.554. The number of methoxy groups -OCH3 is 3. The van der Waals surface area contributed by atoms with Crippen LogP contribution in [0.2, 0.25) is 0 Å². The minimum Gasteiger partial charge on any atom is -0.493 e. The fraction of sp³-hybridized carbons (Fsp3) is 0.600. The molecular weight excluding hydrogens is 348 g/mol. The SMILES string of the molecule is COc1cc(NC(=O)[C@@H]2CC(=O)N(C3CCCCC3)C2)cc(OC)c1OC. The van der Waals surface area contributed by atoms with Crippen LogP contribution >= 0.6 is 0 Å². The molecule has 7 nitrogen and oxygen atoms in total. The van der Waals surface area contributed by atoms with Crippen LogP contribution in [0.3, 0.4) is 0 Å². The van der Waals surface area contributed by atoms with Crippen LogP contribution in [0.15, 0.2) is 12.1 Å².